The molecular weight excluding hydrogens is 393 g/mol. The number of fused-ring (bicyclic) bond motifs is 1. The summed E-state index contributed by atoms with van der Waals surface area (Å²) in [5.74, 6) is 2.14. The molecule has 5 nitrogen and oxygen atoms in total. The van der Waals surface area contributed by atoms with Crippen LogP contribution in [0.3, 0.4) is 0 Å². The Morgan fingerprint density at radius 2 is 1.84 bits per heavy atom. The van der Waals surface area contributed by atoms with E-state index in [4.69, 9.17) is 9.47 Å². The van der Waals surface area contributed by atoms with Crippen molar-refractivity contribution in [1.29, 1.82) is 0 Å². The summed E-state index contributed by atoms with van der Waals surface area (Å²) in [6.07, 6.45) is 1.85. The highest BCUT2D eigenvalue weighted by molar-refractivity contribution is 5.74. The Kier molecular flexibility index (Phi) is 6.79. The van der Waals surface area contributed by atoms with Gasteiger partial charge in [-0.3, -0.25) is 0 Å². The molecule has 0 saturated heterocycles. The largest absolute Gasteiger partial charge is 0.493 e. The quantitative estimate of drug-likeness (QED) is 0.355. The van der Waals surface area contributed by atoms with Crippen LogP contribution in [0.1, 0.15) is 23.4 Å². The number of methoxy groups -OCH3 is 1. The van der Waals surface area contributed by atoms with Gasteiger partial charge in [0.1, 0.15) is 18.2 Å². The molecule has 0 aliphatic heterocycles. The summed E-state index contributed by atoms with van der Waals surface area (Å²) in [6.45, 7) is 1.86. The monoisotopic (exact) mass is 419 g/mol. The van der Waals surface area contributed by atoms with E-state index in [1.165, 1.54) is 12.1 Å². The third-order valence-electron chi connectivity index (χ3n) is 5.10. The first-order valence-corrected chi connectivity index (χ1v) is 10.4. The number of rotatable bonds is 10. The molecule has 6 heteroatoms. The smallest absolute Gasteiger partial charge is 0.166 e. The number of aromatic amines is 1. The fourth-order valence-corrected chi connectivity index (χ4v) is 3.49. The molecule has 0 bridgehead atoms. The van der Waals surface area contributed by atoms with Crippen molar-refractivity contribution in [2.75, 3.05) is 13.7 Å². The molecule has 0 amide bonds. The summed E-state index contributed by atoms with van der Waals surface area (Å²) < 4.78 is 24.6. The van der Waals surface area contributed by atoms with Gasteiger partial charge in [0.2, 0.25) is 0 Å². The van der Waals surface area contributed by atoms with Crippen LogP contribution in [0.5, 0.6) is 11.5 Å². The van der Waals surface area contributed by atoms with Crippen molar-refractivity contribution in [3.05, 3.63) is 89.5 Å². The molecule has 0 radical (unpaired) electrons. The highest BCUT2D eigenvalue weighted by atomic mass is 19.1. The number of aryl methyl sites for hydroxylation is 1. The highest BCUT2D eigenvalue weighted by Crippen LogP contribution is 2.31. The second kappa shape index (κ2) is 10.1. The van der Waals surface area contributed by atoms with Crippen LogP contribution >= 0.6 is 0 Å². The van der Waals surface area contributed by atoms with Crippen molar-refractivity contribution in [2.24, 2.45) is 0 Å². The molecule has 0 atom stereocenters. The maximum Gasteiger partial charge on any atom is 0.166 e. The summed E-state index contributed by atoms with van der Waals surface area (Å²) in [6, 6.07) is 20.2. The Labute approximate surface area is 181 Å². The van der Waals surface area contributed by atoms with E-state index in [0.29, 0.717) is 24.7 Å². The SMILES string of the molecule is COc1cccc(CNCCCc2nc3ccccc3[nH]2)c1OCc1ccc(F)cc1. The minimum atomic E-state index is -0.256. The molecule has 4 rings (SSSR count). The standard InChI is InChI=1S/C25H26FN3O2/c1-30-23-9-4-6-19(25(23)31-17-18-11-13-20(26)14-12-18)16-27-15-5-10-24-28-21-7-2-3-8-22(21)29-24/h2-4,6-9,11-14,27H,5,10,15-17H2,1H3,(H,28,29). The molecule has 31 heavy (non-hydrogen) atoms. The molecule has 0 fully saturated rings. The van der Waals surface area contributed by atoms with Gasteiger partial charge in [-0.1, -0.05) is 36.4 Å². The summed E-state index contributed by atoms with van der Waals surface area (Å²) >= 11 is 0. The molecule has 0 saturated carbocycles. The van der Waals surface area contributed by atoms with E-state index in [0.717, 1.165) is 47.4 Å². The van der Waals surface area contributed by atoms with Gasteiger partial charge in [-0.15, -0.1) is 0 Å². The van der Waals surface area contributed by atoms with E-state index in [9.17, 15) is 4.39 Å². The normalized spacial score (nSPS) is 11.0. The van der Waals surface area contributed by atoms with Crippen LogP contribution in [-0.2, 0) is 19.6 Å². The third-order valence-corrected chi connectivity index (χ3v) is 5.10. The Bertz CT molecular complexity index is 1090. The lowest BCUT2D eigenvalue weighted by Gasteiger charge is -2.15. The van der Waals surface area contributed by atoms with Crippen LogP contribution in [0, 0.1) is 5.82 Å². The maximum absolute atomic E-state index is 13.1. The second-order valence-corrected chi connectivity index (χ2v) is 7.34. The van der Waals surface area contributed by atoms with Gasteiger partial charge in [-0.25, -0.2) is 9.37 Å². The van der Waals surface area contributed by atoms with Crippen molar-refractivity contribution in [3.63, 3.8) is 0 Å². The van der Waals surface area contributed by atoms with Crippen LogP contribution in [-0.4, -0.2) is 23.6 Å². The zero-order chi connectivity index (χ0) is 21.5. The minimum absolute atomic E-state index is 0.256. The van der Waals surface area contributed by atoms with E-state index < -0.39 is 0 Å². The van der Waals surface area contributed by atoms with E-state index >= 15 is 0 Å². The number of ether oxygens (including phenoxy) is 2. The number of nitrogens with zero attached hydrogens (tertiary/aromatic N) is 1. The molecule has 160 valence electrons. The van der Waals surface area contributed by atoms with Crippen LogP contribution < -0.4 is 14.8 Å². The average molecular weight is 420 g/mol. The topological polar surface area (TPSA) is 59.2 Å². The van der Waals surface area contributed by atoms with Crippen molar-refractivity contribution in [1.82, 2.24) is 15.3 Å². The minimum Gasteiger partial charge on any atom is -0.493 e. The number of imidazole rings is 1. The molecule has 2 N–H and O–H groups in total. The number of aromatic nitrogens is 2. The van der Waals surface area contributed by atoms with E-state index in [1.807, 2.05) is 42.5 Å². The number of para-hydroxylation sites is 3. The van der Waals surface area contributed by atoms with Gasteiger partial charge in [0.25, 0.3) is 0 Å². The van der Waals surface area contributed by atoms with Gasteiger partial charge in [0.15, 0.2) is 11.5 Å². The maximum atomic E-state index is 13.1. The van der Waals surface area contributed by atoms with Crippen LogP contribution in [0.4, 0.5) is 4.39 Å². The lowest BCUT2D eigenvalue weighted by atomic mass is 10.1. The predicted octanol–water partition coefficient (Wildman–Crippen LogP) is 5.01. The average Bonchev–Trinajstić information content (AvgIpc) is 3.21. The van der Waals surface area contributed by atoms with Crippen LogP contribution in [0.15, 0.2) is 66.7 Å². The third kappa shape index (κ3) is 5.41. The summed E-state index contributed by atoms with van der Waals surface area (Å²) in [5.41, 5.74) is 4.00. The number of halogens is 1. The fraction of sp³-hybridized carbons (Fsp3) is 0.240. The Morgan fingerprint density at radius 3 is 2.65 bits per heavy atom. The van der Waals surface area contributed by atoms with Gasteiger partial charge in [-0.2, -0.15) is 0 Å². The molecule has 0 unspecified atom stereocenters. The van der Waals surface area contributed by atoms with E-state index in [2.05, 4.69) is 15.3 Å². The number of hydrogen-bond donors (Lipinski definition) is 2. The summed E-state index contributed by atoms with van der Waals surface area (Å²) in [7, 11) is 1.63. The van der Waals surface area contributed by atoms with Gasteiger partial charge in [0.05, 0.1) is 18.1 Å². The Hall–Kier alpha value is -3.38. The molecule has 3 aromatic carbocycles. The zero-order valence-corrected chi connectivity index (χ0v) is 17.5. The van der Waals surface area contributed by atoms with E-state index in [-0.39, 0.29) is 5.82 Å². The molecule has 1 aromatic heterocycles. The van der Waals surface area contributed by atoms with E-state index in [1.54, 1.807) is 19.2 Å². The number of H-pyrrole nitrogens is 1. The van der Waals surface area contributed by atoms with Crippen LogP contribution in [0.2, 0.25) is 0 Å². The molecule has 1 heterocycles. The summed E-state index contributed by atoms with van der Waals surface area (Å²) in [4.78, 5) is 7.99. The second-order valence-electron chi connectivity index (χ2n) is 7.34. The van der Waals surface area contributed by atoms with Crippen LogP contribution in [0.25, 0.3) is 11.0 Å². The first-order chi connectivity index (χ1) is 15.2. The first kappa shape index (κ1) is 20.9. The number of hydrogen-bond acceptors (Lipinski definition) is 4. The molecular formula is C25H26FN3O2. The Balaban J connectivity index is 1.31. The highest BCUT2D eigenvalue weighted by Gasteiger charge is 2.11. The number of benzene rings is 3. The lowest BCUT2D eigenvalue weighted by Crippen LogP contribution is -2.16. The fourth-order valence-electron chi connectivity index (χ4n) is 3.49. The van der Waals surface area contributed by atoms with Crippen molar-refractivity contribution in [2.45, 2.75) is 26.0 Å². The van der Waals surface area contributed by atoms with Crippen molar-refractivity contribution >= 4 is 11.0 Å². The number of nitrogens with one attached hydrogen (secondary N) is 2. The van der Waals surface area contributed by atoms with Crippen molar-refractivity contribution < 1.29 is 13.9 Å². The van der Waals surface area contributed by atoms with Crippen molar-refractivity contribution in [3.8, 4) is 11.5 Å². The molecule has 0 spiro atoms. The van der Waals surface area contributed by atoms with Gasteiger partial charge in [-0.05, 0) is 48.9 Å². The van der Waals surface area contributed by atoms with Gasteiger partial charge < -0.3 is 19.8 Å². The zero-order valence-electron chi connectivity index (χ0n) is 17.5. The predicted molar refractivity (Wildman–Crippen MR) is 120 cm³/mol. The van der Waals surface area contributed by atoms with Gasteiger partial charge >= 0.3 is 0 Å². The molecule has 0 aliphatic rings. The lowest BCUT2D eigenvalue weighted by molar-refractivity contribution is 0.280. The first-order valence-electron chi connectivity index (χ1n) is 10.4. The summed E-state index contributed by atoms with van der Waals surface area (Å²) in [5, 5.41) is 3.48. The molecule has 0 aliphatic carbocycles. The molecule has 4 aromatic rings. The van der Waals surface area contributed by atoms with Gasteiger partial charge in [0, 0.05) is 18.5 Å². The Morgan fingerprint density at radius 1 is 1.00 bits per heavy atom.